The number of ether oxygens (including phenoxy) is 1. The number of nitrogens with zero attached hydrogens (tertiary/aromatic N) is 3. The number of H-pyrrole nitrogens is 1. The maximum absolute atomic E-state index is 12.9. The smallest absolute Gasteiger partial charge is 0.333 e. The lowest BCUT2D eigenvalue weighted by atomic mass is 10.1. The van der Waals surface area contributed by atoms with Crippen molar-refractivity contribution in [1.82, 2.24) is 19.1 Å². The van der Waals surface area contributed by atoms with Crippen LogP contribution in [-0.2, 0) is 4.79 Å². The van der Waals surface area contributed by atoms with Gasteiger partial charge in [-0.2, -0.15) is 0 Å². The summed E-state index contributed by atoms with van der Waals surface area (Å²) in [4.78, 5) is 45.5. The van der Waals surface area contributed by atoms with Crippen LogP contribution in [0.5, 0.6) is 5.75 Å². The Labute approximate surface area is 188 Å². The molecule has 1 atom stereocenters. The van der Waals surface area contributed by atoms with E-state index in [0.717, 1.165) is 25.7 Å². The fourth-order valence-corrected chi connectivity index (χ4v) is 3.76. The summed E-state index contributed by atoms with van der Waals surface area (Å²) in [5, 5.41) is 0.361. The van der Waals surface area contributed by atoms with Gasteiger partial charge in [0.1, 0.15) is 5.75 Å². The third-order valence-electron chi connectivity index (χ3n) is 5.65. The minimum atomic E-state index is -0.486. The molecule has 1 aromatic carbocycles. The second-order valence-corrected chi connectivity index (χ2v) is 8.74. The van der Waals surface area contributed by atoms with Gasteiger partial charge in [-0.15, -0.1) is 0 Å². The molecule has 2 aromatic heterocycles. The third-order valence-corrected chi connectivity index (χ3v) is 5.96. The van der Waals surface area contributed by atoms with Gasteiger partial charge in [0.05, 0.1) is 10.9 Å². The second-order valence-electron chi connectivity index (χ2n) is 8.33. The van der Waals surface area contributed by atoms with Crippen molar-refractivity contribution in [3.05, 3.63) is 56.0 Å². The first-order chi connectivity index (χ1) is 15.4. The molecule has 8 nitrogen and oxygen atoms in total. The number of aromatic nitrogens is 4. The van der Waals surface area contributed by atoms with Gasteiger partial charge in [-0.3, -0.25) is 18.7 Å². The van der Waals surface area contributed by atoms with Crippen molar-refractivity contribution in [2.75, 3.05) is 0 Å². The first-order valence-electron chi connectivity index (χ1n) is 10.7. The molecular weight excluding hydrogens is 432 g/mol. The number of fused-ring (bicyclic) bond motifs is 1. The van der Waals surface area contributed by atoms with Crippen LogP contribution in [-0.4, -0.2) is 25.1 Å². The number of aromatic amines is 1. The van der Waals surface area contributed by atoms with Gasteiger partial charge < -0.3 is 9.72 Å². The predicted molar refractivity (Wildman–Crippen MR) is 119 cm³/mol. The quantitative estimate of drug-likeness (QED) is 0.364. The lowest BCUT2D eigenvalue weighted by Crippen LogP contribution is -2.39. The number of esters is 1. The Hall–Kier alpha value is -3.31. The molecule has 2 heterocycles. The van der Waals surface area contributed by atoms with Gasteiger partial charge in [0, 0.05) is 18.5 Å². The molecule has 164 valence electrons. The number of benzene rings is 1. The molecule has 0 amide bonds. The Morgan fingerprint density at radius 1 is 1.22 bits per heavy atom. The summed E-state index contributed by atoms with van der Waals surface area (Å²) < 4.78 is 8.31. The van der Waals surface area contributed by atoms with Crippen LogP contribution in [0.2, 0.25) is 5.02 Å². The fourth-order valence-electron chi connectivity index (χ4n) is 3.58. The third kappa shape index (κ3) is 3.84. The van der Waals surface area contributed by atoms with E-state index in [4.69, 9.17) is 16.3 Å². The molecule has 3 aromatic rings. The second kappa shape index (κ2) is 7.99. The van der Waals surface area contributed by atoms with Crippen molar-refractivity contribution in [2.24, 2.45) is 5.92 Å². The monoisotopic (exact) mass is 452 g/mol. The van der Waals surface area contributed by atoms with Crippen LogP contribution in [0, 0.1) is 17.8 Å². The molecule has 2 aliphatic carbocycles. The lowest BCUT2D eigenvalue weighted by Gasteiger charge is -2.09. The number of carbonyl (C=O) groups excluding carboxylic acids is 1. The average molecular weight is 453 g/mol. The number of carbonyl (C=O) groups is 1. The predicted octanol–water partition coefficient (Wildman–Crippen LogP) is 3.19. The highest BCUT2D eigenvalue weighted by Crippen LogP contribution is 2.36. The highest BCUT2D eigenvalue weighted by atomic mass is 35.5. The number of para-hydroxylation sites is 1. The van der Waals surface area contributed by atoms with E-state index in [1.54, 1.807) is 35.8 Å². The summed E-state index contributed by atoms with van der Waals surface area (Å²) in [6.07, 6.45) is 3.72. The molecule has 32 heavy (non-hydrogen) atoms. The van der Waals surface area contributed by atoms with E-state index in [1.165, 1.54) is 4.57 Å². The number of nitrogens with one attached hydrogen (secondary N) is 1. The van der Waals surface area contributed by atoms with Gasteiger partial charge in [-0.05, 0) is 43.7 Å². The normalized spacial score (nSPS) is 16.4. The minimum absolute atomic E-state index is 0.0211. The number of hydrogen-bond acceptors (Lipinski definition) is 5. The van der Waals surface area contributed by atoms with Crippen molar-refractivity contribution in [3.63, 3.8) is 0 Å². The van der Waals surface area contributed by atoms with Gasteiger partial charge in [-0.1, -0.05) is 36.6 Å². The maximum atomic E-state index is 12.9. The molecule has 2 saturated carbocycles. The van der Waals surface area contributed by atoms with E-state index >= 15 is 0 Å². The zero-order chi connectivity index (χ0) is 22.4. The first kappa shape index (κ1) is 20.6. The summed E-state index contributed by atoms with van der Waals surface area (Å²) in [6.45, 7) is 1.71. The Bertz CT molecular complexity index is 1400. The van der Waals surface area contributed by atoms with Gasteiger partial charge in [-0.25, -0.2) is 9.78 Å². The summed E-state index contributed by atoms with van der Waals surface area (Å²) in [5.41, 5.74) is 0.0323. The molecule has 2 aliphatic rings. The SMILES string of the molecule is CC(CC#Cc1nc2c([nH]1)c(=O)n(C1CC1)c(=O)n2C1CC1)C(=O)Oc1ccccc1Cl. The Morgan fingerprint density at radius 3 is 2.59 bits per heavy atom. The summed E-state index contributed by atoms with van der Waals surface area (Å²) in [5.74, 6) is 5.48. The average Bonchev–Trinajstić information content (AvgIpc) is 3.69. The maximum Gasteiger partial charge on any atom is 0.333 e. The van der Waals surface area contributed by atoms with Crippen molar-refractivity contribution >= 4 is 28.7 Å². The van der Waals surface area contributed by atoms with Crippen LogP contribution in [0.4, 0.5) is 0 Å². The molecule has 0 aliphatic heterocycles. The van der Waals surface area contributed by atoms with Crippen LogP contribution >= 0.6 is 11.6 Å². The topological polar surface area (TPSA) is 99.0 Å². The van der Waals surface area contributed by atoms with E-state index in [-0.39, 0.29) is 29.8 Å². The Kier molecular flexibility index (Phi) is 5.14. The zero-order valence-corrected chi connectivity index (χ0v) is 18.2. The van der Waals surface area contributed by atoms with Crippen LogP contribution in [0.15, 0.2) is 33.9 Å². The molecule has 5 rings (SSSR count). The lowest BCUT2D eigenvalue weighted by molar-refractivity contribution is -0.138. The van der Waals surface area contributed by atoms with Gasteiger partial charge in [0.25, 0.3) is 5.56 Å². The molecule has 1 unspecified atom stereocenters. The van der Waals surface area contributed by atoms with E-state index in [2.05, 4.69) is 21.8 Å². The van der Waals surface area contributed by atoms with Gasteiger partial charge in [0.2, 0.25) is 0 Å². The molecule has 0 spiro atoms. The molecule has 0 bridgehead atoms. The standard InChI is InChI=1S/C23H21ClN4O4/c1-13(22(30)32-17-7-3-2-6-16(17)24)5-4-8-18-25-19-20(26-18)27(14-9-10-14)23(31)28(21(19)29)15-11-12-15/h2-3,6-7,13-15H,5,9-12H2,1H3,(H,25,26). The number of rotatable bonds is 5. The summed E-state index contributed by atoms with van der Waals surface area (Å²) >= 11 is 6.02. The van der Waals surface area contributed by atoms with Crippen molar-refractivity contribution in [3.8, 4) is 17.6 Å². The number of hydrogen-bond donors (Lipinski definition) is 1. The van der Waals surface area contributed by atoms with E-state index in [0.29, 0.717) is 27.8 Å². The highest BCUT2D eigenvalue weighted by Gasteiger charge is 2.34. The molecule has 2 fully saturated rings. The zero-order valence-electron chi connectivity index (χ0n) is 17.4. The van der Waals surface area contributed by atoms with Crippen LogP contribution < -0.4 is 16.0 Å². The van der Waals surface area contributed by atoms with Gasteiger partial charge in [0.15, 0.2) is 17.0 Å². The Morgan fingerprint density at radius 2 is 1.91 bits per heavy atom. The van der Waals surface area contributed by atoms with Crippen molar-refractivity contribution in [1.29, 1.82) is 0 Å². The fraction of sp³-hybridized carbons (Fsp3) is 0.391. The molecular formula is C23H21ClN4O4. The van der Waals surface area contributed by atoms with Gasteiger partial charge >= 0.3 is 11.7 Å². The molecule has 0 saturated heterocycles. The van der Waals surface area contributed by atoms with E-state index in [1.807, 2.05) is 0 Å². The minimum Gasteiger partial charge on any atom is -0.425 e. The number of halogens is 1. The number of imidazole rings is 1. The van der Waals surface area contributed by atoms with Crippen LogP contribution in [0.3, 0.4) is 0 Å². The van der Waals surface area contributed by atoms with E-state index in [9.17, 15) is 14.4 Å². The van der Waals surface area contributed by atoms with Crippen LogP contribution in [0.25, 0.3) is 11.2 Å². The molecule has 0 radical (unpaired) electrons. The van der Waals surface area contributed by atoms with Crippen molar-refractivity contribution < 1.29 is 9.53 Å². The largest absolute Gasteiger partial charge is 0.425 e. The van der Waals surface area contributed by atoms with E-state index < -0.39 is 11.9 Å². The van der Waals surface area contributed by atoms with Crippen LogP contribution in [0.1, 0.15) is 56.9 Å². The molecule has 9 heteroatoms. The molecule has 1 N–H and O–H groups in total. The van der Waals surface area contributed by atoms with Crippen molar-refractivity contribution in [2.45, 2.75) is 51.1 Å². The highest BCUT2D eigenvalue weighted by molar-refractivity contribution is 6.32. The summed E-state index contributed by atoms with van der Waals surface area (Å²) in [7, 11) is 0. The summed E-state index contributed by atoms with van der Waals surface area (Å²) in [6, 6.07) is 6.82. The first-order valence-corrected chi connectivity index (χ1v) is 11.0. The Balaban J connectivity index is 1.37.